The van der Waals surface area contributed by atoms with Crippen LogP contribution in [-0.2, 0) is 11.2 Å². The summed E-state index contributed by atoms with van der Waals surface area (Å²) in [6, 6.07) is 8.05. The lowest BCUT2D eigenvalue weighted by atomic mass is 10.1. The number of fused-ring (bicyclic) bond motifs is 1. The van der Waals surface area contributed by atoms with Crippen molar-refractivity contribution < 1.29 is 9.32 Å². The number of carbonyl (C=O) groups excluding carboxylic acids is 1. The van der Waals surface area contributed by atoms with Crippen LogP contribution in [0.3, 0.4) is 0 Å². The van der Waals surface area contributed by atoms with E-state index in [9.17, 15) is 4.79 Å². The van der Waals surface area contributed by atoms with Gasteiger partial charge in [-0.2, -0.15) is 0 Å². The van der Waals surface area contributed by atoms with Crippen molar-refractivity contribution in [3.8, 4) is 0 Å². The average molecular weight is 296 g/mol. The van der Waals surface area contributed by atoms with Gasteiger partial charge in [-0.05, 0) is 25.6 Å². The number of carbonyl (C=O) groups is 1. The van der Waals surface area contributed by atoms with Crippen LogP contribution in [0.5, 0.6) is 0 Å². The third-order valence-electron chi connectivity index (χ3n) is 3.72. The van der Waals surface area contributed by atoms with E-state index in [0.29, 0.717) is 12.5 Å². The van der Waals surface area contributed by atoms with Crippen LogP contribution in [0.1, 0.15) is 12.1 Å². The molecule has 1 N–H and O–H groups in total. The van der Waals surface area contributed by atoms with E-state index in [1.54, 1.807) is 0 Å². The maximum absolute atomic E-state index is 12.2. The second-order valence-electron chi connectivity index (χ2n) is 4.92. The monoisotopic (exact) mass is 295 g/mol. The SMILES string of the molecule is CNC1CCN(C(=O)Cc2noc3ccccc23)C1.Cl. The number of amides is 1. The third-order valence-corrected chi connectivity index (χ3v) is 3.72. The zero-order valence-electron chi connectivity index (χ0n) is 11.3. The van der Waals surface area contributed by atoms with Gasteiger partial charge in [0.05, 0.1) is 6.42 Å². The Labute approximate surface area is 123 Å². The summed E-state index contributed by atoms with van der Waals surface area (Å²) in [4.78, 5) is 14.1. The zero-order valence-corrected chi connectivity index (χ0v) is 12.2. The second-order valence-corrected chi connectivity index (χ2v) is 4.92. The Morgan fingerprint density at radius 3 is 3.05 bits per heavy atom. The van der Waals surface area contributed by atoms with Crippen molar-refractivity contribution in [1.29, 1.82) is 0 Å². The minimum atomic E-state index is 0. The van der Waals surface area contributed by atoms with E-state index in [-0.39, 0.29) is 18.3 Å². The number of hydrogen-bond acceptors (Lipinski definition) is 4. The van der Waals surface area contributed by atoms with Crippen LogP contribution in [0, 0.1) is 0 Å². The molecule has 6 heteroatoms. The smallest absolute Gasteiger partial charge is 0.228 e. The minimum Gasteiger partial charge on any atom is -0.356 e. The van der Waals surface area contributed by atoms with Crippen molar-refractivity contribution in [2.75, 3.05) is 20.1 Å². The summed E-state index contributed by atoms with van der Waals surface area (Å²) < 4.78 is 5.22. The molecule has 0 bridgehead atoms. The summed E-state index contributed by atoms with van der Waals surface area (Å²) in [5.74, 6) is 0.122. The van der Waals surface area contributed by atoms with Gasteiger partial charge in [0.2, 0.25) is 5.91 Å². The van der Waals surface area contributed by atoms with Gasteiger partial charge in [0.1, 0.15) is 5.69 Å². The quantitative estimate of drug-likeness (QED) is 0.935. The maximum atomic E-state index is 12.2. The fraction of sp³-hybridized carbons (Fsp3) is 0.429. The summed E-state index contributed by atoms with van der Waals surface area (Å²) in [5, 5.41) is 8.15. The van der Waals surface area contributed by atoms with Crippen LogP contribution in [0.25, 0.3) is 11.0 Å². The molecule has 0 aliphatic carbocycles. The molecule has 1 saturated heterocycles. The molecule has 0 spiro atoms. The first-order chi connectivity index (χ1) is 9.28. The maximum Gasteiger partial charge on any atom is 0.228 e. The Hall–Kier alpha value is -1.59. The molecule has 1 fully saturated rings. The first kappa shape index (κ1) is 14.8. The average Bonchev–Trinajstić information content (AvgIpc) is 3.06. The fourth-order valence-electron chi connectivity index (χ4n) is 2.54. The highest BCUT2D eigenvalue weighted by molar-refractivity contribution is 5.86. The standard InChI is InChI=1S/C14H17N3O2.ClH/c1-15-10-6-7-17(9-10)14(18)8-12-11-4-2-3-5-13(11)19-16-12;/h2-5,10,15H,6-9H2,1H3;1H. The van der Waals surface area contributed by atoms with Gasteiger partial charge < -0.3 is 14.7 Å². The molecule has 1 aliphatic heterocycles. The van der Waals surface area contributed by atoms with Gasteiger partial charge in [-0.1, -0.05) is 17.3 Å². The molecule has 2 aromatic rings. The number of para-hydroxylation sites is 1. The number of nitrogens with zero attached hydrogens (tertiary/aromatic N) is 2. The van der Waals surface area contributed by atoms with E-state index in [4.69, 9.17) is 4.52 Å². The first-order valence-electron chi connectivity index (χ1n) is 6.56. The van der Waals surface area contributed by atoms with Gasteiger partial charge in [-0.25, -0.2) is 0 Å². The highest BCUT2D eigenvalue weighted by Crippen LogP contribution is 2.19. The number of halogens is 1. The van der Waals surface area contributed by atoms with E-state index in [1.165, 1.54) is 0 Å². The molecular formula is C14H18ClN3O2. The summed E-state index contributed by atoms with van der Waals surface area (Å²) >= 11 is 0. The molecule has 3 rings (SSSR count). The Morgan fingerprint density at radius 1 is 1.50 bits per heavy atom. The predicted molar refractivity (Wildman–Crippen MR) is 79.0 cm³/mol. The summed E-state index contributed by atoms with van der Waals surface area (Å²) in [6.07, 6.45) is 1.33. The van der Waals surface area contributed by atoms with Crippen LogP contribution >= 0.6 is 12.4 Å². The topological polar surface area (TPSA) is 58.4 Å². The number of nitrogens with one attached hydrogen (secondary N) is 1. The van der Waals surface area contributed by atoms with Crippen LogP contribution in [0.4, 0.5) is 0 Å². The molecule has 1 unspecified atom stereocenters. The molecule has 1 atom stereocenters. The lowest BCUT2D eigenvalue weighted by molar-refractivity contribution is -0.129. The number of likely N-dealkylation sites (N-methyl/N-ethyl adjacent to an activating group) is 1. The molecule has 2 heterocycles. The number of benzene rings is 1. The van der Waals surface area contributed by atoms with Gasteiger partial charge in [0.15, 0.2) is 5.58 Å². The Morgan fingerprint density at radius 2 is 2.30 bits per heavy atom. The fourth-order valence-corrected chi connectivity index (χ4v) is 2.54. The first-order valence-corrected chi connectivity index (χ1v) is 6.56. The summed E-state index contributed by atoms with van der Waals surface area (Å²) in [5.41, 5.74) is 1.47. The summed E-state index contributed by atoms with van der Waals surface area (Å²) in [7, 11) is 1.93. The number of hydrogen-bond donors (Lipinski definition) is 1. The van der Waals surface area contributed by atoms with Crippen LogP contribution in [0.15, 0.2) is 28.8 Å². The molecule has 0 saturated carbocycles. The van der Waals surface area contributed by atoms with Crippen LogP contribution in [-0.4, -0.2) is 42.1 Å². The van der Waals surface area contributed by atoms with Crippen molar-refractivity contribution in [2.24, 2.45) is 0 Å². The molecule has 1 aliphatic rings. The van der Waals surface area contributed by atoms with Crippen molar-refractivity contribution in [2.45, 2.75) is 18.9 Å². The molecule has 0 radical (unpaired) electrons. The van der Waals surface area contributed by atoms with E-state index < -0.39 is 0 Å². The van der Waals surface area contributed by atoms with E-state index >= 15 is 0 Å². The van der Waals surface area contributed by atoms with Gasteiger partial charge in [-0.3, -0.25) is 4.79 Å². The van der Waals surface area contributed by atoms with Gasteiger partial charge >= 0.3 is 0 Å². The molecule has 1 amide bonds. The van der Waals surface area contributed by atoms with Crippen molar-refractivity contribution in [3.63, 3.8) is 0 Å². The molecule has 5 nitrogen and oxygen atoms in total. The lowest BCUT2D eigenvalue weighted by Gasteiger charge is -2.15. The Balaban J connectivity index is 0.00000147. The molecular weight excluding hydrogens is 278 g/mol. The number of likely N-dealkylation sites (tertiary alicyclic amines) is 1. The minimum absolute atomic E-state index is 0. The predicted octanol–water partition coefficient (Wildman–Crippen LogP) is 1.61. The molecule has 20 heavy (non-hydrogen) atoms. The van der Waals surface area contributed by atoms with Crippen molar-refractivity contribution in [3.05, 3.63) is 30.0 Å². The molecule has 108 valence electrons. The van der Waals surface area contributed by atoms with Gasteiger partial charge in [0.25, 0.3) is 0 Å². The zero-order chi connectivity index (χ0) is 13.2. The van der Waals surface area contributed by atoms with E-state index in [2.05, 4.69) is 10.5 Å². The van der Waals surface area contributed by atoms with E-state index in [0.717, 1.165) is 36.2 Å². The third kappa shape index (κ3) is 2.78. The normalized spacial score (nSPS) is 18.2. The molecule has 1 aromatic heterocycles. The summed E-state index contributed by atoms with van der Waals surface area (Å²) in [6.45, 7) is 1.60. The Bertz CT molecular complexity index is 599. The van der Waals surface area contributed by atoms with Crippen LogP contribution < -0.4 is 5.32 Å². The number of rotatable bonds is 3. The van der Waals surface area contributed by atoms with Gasteiger partial charge in [-0.15, -0.1) is 12.4 Å². The highest BCUT2D eigenvalue weighted by Gasteiger charge is 2.26. The van der Waals surface area contributed by atoms with Crippen molar-refractivity contribution in [1.82, 2.24) is 15.4 Å². The number of aromatic nitrogens is 1. The Kier molecular flexibility index (Phi) is 4.62. The lowest BCUT2D eigenvalue weighted by Crippen LogP contribution is -2.34. The largest absolute Gasteiger partial charge is 0.356 e. The molecule has 1 aromatic carbocycles. The van der Waals surface area contributed by atoms with Crippen molar-refractivity contribution >= 4 is 29.3 Å². The second kappa shape index (κ2) is 6.24. The van der Waals surface area contributed by atoms with E-state index in [1.807, 2.05) is 36.2 Å². The van der Waals surface area contributed by atoms with Crippen LogP contribution in [0.2, 0.25) is 0 Å². The highest BCUT2D eigenvalue weighted by atomic mass is 35.5. The van der Waals surface area contributed by atoms with Gasteiger partial charge in [0, 0.05) is 24.5 Å².